The number of hydrogen-bond donors (Lipinski definition) is 4. The lowest BCUT2D eigenvalue weighted by molar-refractivity contribution is -0.115. The largest absolute Gasteiger partial charge is 0.465 e. The molecule has 0 atom stereocenters. The summed E-state index contributed by atoms with van der Waals surface area (Å²) in [6, 6.07) is 7.36. The molecule has 0 aliphatic carbocycles. The second-order valence-electron chi connectivity index (χ2n) is 5.38. The van der Waals surface area contributed by atoms with Crippen LogP contribution in [0, 0.1) is 0 Å². The smallest absolute Gasteiger partial charge is 0.405 e. The van der Waals surface area contributed by atoms with Crippen molar-refractivity contribution in [2.24, 2.45) is 0 Å². The summed E-state index contributed by atoms with van der Waals surface area (Å²) in [5.74, 6) is -0.487. The molecule has 1 aromatic carbocycles. The van der Waals surface area contributed by atoms with E-state index >= 15 is 0 Å². The fourth-order valence-corrected chi connectivity index (χ4v) is 2.58. The molecule has 0 spiro atoms. The van der Waals surface area contributed by atoms with Gasteiger partial charge >= 0.3 is 6.09 Å². The van der Waals surface area contributed by atoms with Crippen molar-refractivity contribution in [1.82, 2.24) is 10.3 Å². The number of rotatable bonds is 5. The fraction of sp³-hybridized carbons (Fsp3) is 0.267. The fourth-order valence-electron chi connectivity index (χ4n) is 1.84. The Kier molecular flexibility index (Phi) is 4.97. The number of nitrogens with zero attached hydrogens (tertiary/aromatic N) is 1. The van der Waals surface area contributed by atoms with Gasteiger partial charge in [-0.3, -0.25) is 4.79 Å². The maximum atomic E-state index is 11.5. The molecule has 0 aliphatic heterocycles. The van der Waals surface area contributed by atoms with Crippen molar-refractivity contribution >= 4 is 28.5 Å². The highest BCUT2D eigenvalue weighted by molar-refractivity contribution is 7.14. The van der Waals surface area contributed by atoms with Gasteiger partial charge in [0.15, 0.2) is 5.13 Å². The van der Waals surface area contributed by atoms with Crippen molar-refractivity contribution < 1.29 is 19.8 Å². The summed E-state index contributed by atoms with van der Waals surface area (Å²) in [5, 5.41) is 25.2. The molecule has 0 fully saturated rings. The van der Waals surface area contributed by atoms with Gasteiger partial charge in [-0.15, -0.1) is 11.3 Å². The number of nitrogens with one attached hydrogen (secondary N) is 2. The first-order valence-corrected chi connectivity index (χ1v) is 7.69. The summed E-state index contributed by atoms with van der Waals surface area (Å²) in [4.78, 5) is 26.2. The van der Waals surface area contributed by atoms with Crippen molar-refractivity contribution in [2.75, 3.05) is 11.9 Å². The lowest BCUT2D eigenvalue weighted by Gasteiger charge is -2.18. The van der Waals surface area contributed by atoms with Gasteiger partial charge in [-0.05, 0) is 25.5 Å². The number of hydrogen-bond acceptors (Lipinski definition) is 5. The van der Waals surface area contributed by atoms with Gasteiger partial charge in [0.2, 0.25) is 5.91 Å². The Morgan fingerprint density at radius 3 is 2.74 bits per heavy atom. The third-order valence-corrected chi connectivity index (χ3v) is 3.77. The van der Waals surface area contributed by atoms with Gasteiger partial charge < -0.3 is 20.8 Å². The van der Waals surface area contributed by atoms with Crippen LogP contribution in [0.15, 0.2) is 29.6 Å². The number of aromatic nitrogens is 1. The van der Waals surface area contributed by atoms with Crippen LogP contribution in [0.2, 0.25) is 0 Å². The number of carboxylic acid groups (broad SMARTS) is 1. The van der Waals surface area contributed by atoms with Crippen molar-refractivity contribution in [3.63, 3.8) is 0 Å². The molecule has 0 radical (unpaired) electrons. The Balaban J connectivity index is 2.10. The zero-order chi connectivity index (χ0) is 17.0. The molecule has 0 bridgehead atoms. The summed E-state index contributed by atoms with van der Waals surface area (Å²) in [5.41, 5.74) is 1.30. The highest BCUT2D eigenvalue weighted by Gasteiger charge is 2.17. The second kappa shape index (κ2) is 6.76. The van der Waals surface area contributed by atoms with Gasteiger partial charge in [-0.1, -0.05) is 18.2 Å². The summed E-state index contributed by atoms with van der Waals surface area (Å²) < 4.78 is 0. The van der Waals surface area contributed by atoms with Crippen LogP contribution in [0.4, 0.5) is 9.93 Å². The van der Waals surface area contributed by atoms with Crippen molar-refractivity contribution in [1.29, 1.82) is 0 Å². The number of carbonyl (C=O) groups is 2. The molecule has 0 unspecified atom stereocenters. The van der Waals surface area contributed by atoms with E-state index in [4.69, 9.17) is 5.11 Å². The van der Waals surface area contributed by atoms with E-state index in [1.165, 1.54) is 11.3 Å². The molecule has 1 heterocycles. The van der Waals surface area contributed by atoms with E-state index in [-0.39, 0.29) is 6.54 Å². The highest BCUT2D eigenvalue weighted by atomic mass is 32.1. The third-order valence-electron chi connectivity index (χ3n) is 3.02. The number of carbonyl (C=O) groups excluding carboxylic acids is 1. The normalized spacial score (nSPS) is 11.1. The molecule has 23 heavy (non-hydrogen) atoms. The lowest BCUT2D eigenvalue weighted by atomic mass is 9.96. The van der Waals surface area contributed by atoms with E-state index in [9.17, 15) is 14.7 Å². The Hall–Kier alpha value is -2.45. The summed E-state index contributed by atoms with van der Waals surface area (Å²) in [7, 11) is 0. The van der Waals surface area contributed by atoms with E-state index in [2.05, 4.69) is 10.3 Å². The minimum absolute atomic E-state index is 0.335. The quantitative estimate of drug-likeness (QED) is 0.669. The van der Waals surface area contributed by atoms with Crippen molar-refractivity contribution in [2.45, 2.75) is 19.4 Å². The van der Waals surface area contributed by atoms with Gasteiger partial charge in [0.25, 0.3) is 0 Å². The number of aliphatic hydroxyl groups is 1. The molecular weight excluding hydrogens is 318 g/mol. The molecule has 0 aliphatic rings. The number of benzene rings is 1. The average Bonchev–Trinajstić information content (AvgIpc) is 2.93. The van der Waals surface area contributed by atoms with Gasteiger partial charge in [0, 0.05) is 10.9 Å². The Morgan fingerprint density at radius 1 is 1.35 bits per heavy atom. The summed E-state index contributed by atoms with van der Waals surface area (Å²) in [6.45, 7) is 3.07. The minimum atomic E-state index is -1.26. The molecule has 122 valence electrons. The first kappa shape index (κ1) is 16.9. The van der Waals surface area contributed by atoms with Crippen molar-refractivity contribution in [3.8, 4) is 11.3 Å². The van der Waals surface area contributed by atoms with Crippen LogP contribution in [0.5, 0.6) is 0 Å². The zero-order valence-corrected chi connectivity index (χ0v) is 13.5. The van der Waals surface area contributed by atoms with Crippen LogP contribution in [0.1, 0.15) is 19.4 Å². The SMILES string of the molecule is CC(C)(O)c1cccc(-c2csc(NC(=O)CNC(=O)O)n2)c1. The highest BCUT2D eigenvalue weighted by Crippen LogP contribution is 2.28. The van der Waals surface area contributed by atoms with E-state index < -0.39 is 17.6 Å². The lowest BCUT2D eigenvalue weighted by Crippen LogP contribution is -2.31. The Morgan fingerprint density at radius 2 is 2.09 bits per heavy atom. The van der Waals surface area contributed by atoms with Gasteiger partial charge in [0.05, 0.1) is 11.3 Å². The molecule has 2 amide bonds. The van der Waals surface area contributed by atoms with Crippen LogP contribution in [-0.4, -0.2) is 33.7 Å². The van der Waals surface area contributed by atoms with Crippen LogP contribution in [0.3, 0.4) is 0 Å². The molecule has 2 aromatic rings. The number of anilines is 1. The molecule has 8 heteroatoms. The number of thiazole rings is 1. The molecule has 1 aromatic heterocycles. The maximum absolute atomic E-state index is 11.5. The van der Waals surface area contributed by atoms with Gasteiger partial charge in [-0.25, -0.2) is 9.78 Å². The van der Waals surface area contributed by atoms with E-state index in [1.54, 1.807) is 19.2 Å². The maximum Gasteiger partial charge on any atom is 0.405 e. The minimum Gasteiger partial charge on any atom is -0.465 e. The monoisotopic (exact) mass is 335 g/mol. The van der Waals surface area contributed by atoms with Crippen LogP contribution >= 0.6 is 11.3 Å². The second-order valence-corrected chi connectivity index (χ2v) is 6.24. The summed E-state index contributed by atoms with van der Waals surface area (Å²) >= 11 is 1.24. The topological polar surface area (TPSA) is 112 Å². The van der Waals surface area contributed by atoms with Crippen molar-refractivity contribution in [3.05, 3.63) is 35.2 Å². The Labute approximate surface area is 137 Å². The standard InChI is InChI=1S/C15H17N3O4S/c1-15(2,22)10-5-3-4-9(6-10)11-8-23-13(17-11)18-12(19)7-16-14(20)21/h3-6,8,16,22H,7H2,1-2H3,(H,20,21)(H,17,18,19). The molecular formula is C15H17N3O4S. The average molecular weight is 335 g/mol. The predicted molar refractivity (Wildman–Crippen MR) is 87.5 cm³/mol. The van der Waals surface area contributed by atoms with E-state index in [1.807, 2.05) is 29.6 Å². The number of amides is 2. The van der Waals surface area contributed by atoms with Crippen LogP contribution < -0.4 is 10.6 Å². The van der Waals surface area contributed by atoms with E-state index in [0.29, 0.717) is 10.8 Å². The molecule has 4 N–H and O–H groups in total. The van der Waals surface area contributed by atoms with Crippen LogP contribution in [0.25, 0.3) is 11.3 Å². The Bertz CT molecular complexity index is 722. The first-order valence-electron chi connectivity index (χ1n) is 6.81. The van der Waals surface area contributed by atoms with Crippen LogP contribution in [-0.2, 0) is 10.4 Å². The molecule has 2 rings (SSSR count). The van der Waals surface area contributed by atoms with Gasteiger partial charge in [-0.2, -0.15) is 0 Å². The zero-order valence-electron chi connectivity index (χ0n) is 12.7. The van der Waals surface area contributed by atoms with E-state index in [0.717, 1.165) is 11.1 Å². The third kappa shape index (κ3) is 4.76. The molecule has 0 saturated heterocycles. The predicted octanol–water partition coefficient (Wildman–Crippen LogP) is 2.24. The van der Waals surface area contributed by atoms with Gasteiger partial charge in [0.1, 0.15) is 6.54 Å². The molecule has 0 saturated carbocycles. The molecule has 7 nitrogen and oxygen atoms in total. The summed E-state index contributed by atoms with van der Waals surface area (Å²) in [6.07, 6.45) is -1.26. The first-order chi connectivity index (χ1) is 10.8.